The summed E-state index contributed by atoms with van der Waals surface area (Å²) < 4.78 is 0. The van der Waals surface area contributed by atoms with Crippen LogP contribution in [0.5, 0.6) is 0 Å². The van der Waals surface area contributed by atoms with Crippen LogP contribution in [0, 0.1) is 11.8 Å². The summed E-state index contributed by atoms with van der Waals surface area (Å²) in [4.78, 5) is 0. The molecule has 1 saturated carbocycles. The van der Waals surface area contributed by atoms with E-state index in [2.05, 4.69) is 24.4 Å². The molecule has 0 saturated heterocycles. The van der Waals surface area contributed by atoms with Crippen LogP contribution in [0.25, 0.3) is 0 Å². The molecule has 1 N–H and O–H groups in total. The summed E-state index contributed by atoms with van der Waals surface area (Å²) in [7, 11) is 0. The van der Waals surface area contributed by atoms with Crippen molar-refractivity contribution in [3.8, 4) is 0 Å². The maximum absolute atomic E-state index is 4.45. The molecule has 2 nitrogen and oxygen atoms in total. The molecular weight excluding hydrogens is 148 g/mol. The predicted octanol–water partition coefficient (Wildman–Crippen LogP) is 2.16. The molecule has 0 aromatic carbocycles. The molecule has 0 spiro atoms. The lowest BCUT2D eigenvalue weighted by Gasteiger charge is -2.26. The average Bonchev–Trinajstić information content (AvgIpc) is 2.47. The summed E-state index contributed by atoms with van der Waals surface area (Å²) in [5, 5.41) is 4.45. The summed E-state index contributed by atoms with van der Waals surface area (Å²) in [6.07, 6.45) is 5.46. The zero-order valence-corrected chi connectivity index (χ0v) is 8.01. The van der Waals surface area contributed by atoms with E-state index in [-0.39, 0.29) is 0 Å². The van der Waals surface area contributed by atoms with E-state index in [9.17, 15) is 0 Å². The molecule has 12 heavy (non-hydrogen) atoms. The fraction of sp³-hybridized carbons (Fsp3) is 0.900. The van der Waals surface area contributed by atoms with Crippen molar-refractivity contribution in [2.75, 3.05) is 0 Å². The van der Waals surface area contributed by atoms with Gasteiger partial charge in [0.25, 0.3) is 0 Å². The first-order valence-electron chi connectivity index (χ1n) is 5.12. The van der Waals surface area contributed by atoms with Crippen molar-refractivity contribution in [2.45, 2.75) is 45.6 Å². The molecule has 2 unspecified atom stereocenters. The highest BCUT2D eigenvalue weighted by Crippen LogP contribution is 2.31. The van der Waals surface area contributed by atoms with Gasteiger partial charge in [-0.2, -0.15) is 5.10 Å². The summed E-state index contributed by atoms with van der Waals surface area (Å²) in [5.74, 6) is 1.39. The van der Waals surface area contributed by atoms with E-state index >= 15 is 0 Å². The van der Waals surface area contributed by atoms with Crippen LogP contribution in [0.2, 0.25) is 0 Å². The molecule has 0 bridgehead atoms. The zero-order valence-electron chi connectivity index (χ0n) is 8.01. The molecule has 1 aliphatic heterocycles. The Morgan fingerprint density at radius 2 is 2.08 bits per heavy atom. The van der Waals surface area contributed by atoms with Gasteiger partial charge < -0.3 is 5.43 Å². The van der Waals surface area contributed by atoms with Crippen molar-refractivity contribution in [3.05, 3.63) is 0 Å². The van der Waals surface area contributed by atoms with Crippen LogP contribution in [-0.4, -0.2) is 11.8 Å². The first-order chi connectivity index (χ1) is 5.79. The Balaban J connectivity index is 2.08. The van der Waals surface area contributed by atoms with Crippen molar-refractivity contribution >= 4 is 5.71 Å². The van der Waals surface area contributed by atoms with Crippen molar-refractivity contribution in [1.82, 2.24) is 5.43 Å². The lowest BCUT2D eigenvalue weighted by atomic mass is 9.80. The first kappa shape index (κ1) is 8.09. The molecule has 1 fully saturated rings. The van der Waals surface area contributed by atoms with Gasteiger partial charge in [-0.1, -0.05) is 26.7 Å². The summed E-state index contributed by atoms with van der Waals surface area (Å²) in [6.45, 7) is 4.50. The van der Waals surface area contributed by atoms with E-state index in [1.54, 1.807) is 0 Å². The van der Waals surface area contributed by atoms with Gasteiger partial charge in [-0.25, -0.2) is 0 Å². The van der Waals surface area contributed by atoms with Gasteiger partial charge in [0.05, 0.1) is 6.04 Å². The lowest BCUT2D eigenvalue weighted by Crippen LogP contribution is -2.33. The number of hydrazone groups is 1. The predicted molar refractivity (Wildman–Crippen MR) is 51.2 cm³/mol. The fourth-order valence-corrected chi connectivity index (χ4v) is 2.44. The molecule has 1 aliphatic carbocycles. The van der Waals surface area contributed by atoms with Gasteiger partial charge >= 0.3 is 0 Å². The Bertz CT molecular complexity index is 196. The number of hydrogen-bond donors (Lipinski definition) is 1. The SMILES string of the molecule is CC(C)C1=NNC2CCCCC12. The fourth-order valence-electron chi connectivity index (χ4n) is 2.44. The topological polar surface area (TPSA) is 24.4 Å². The zero-order chi connectivity index (χ0) is 8.55. The number of rotatable bonds is 1. The van der Waals surface area contributed by atoms with E-state index < -0.39 is 0 Å². The molecule has 2 rings (SSSR count). The van der Waals surface area contributed by atoms with Gasteiger partial charge in [0.1, 0.15) is 0 Å². The lowest BCUT2D eigenvalue weighted by molar-refractivity contribution is 0.350. The Labute approximate surface area is 74.4 Å². The highest BCUT2D eigenvalue weighted by Gasteiger charge is 2.34. The Morgan fingerprint density at radius 1 is 1.33 bits per heavy atom. The average molecular weight is 166 g/mol. The second kappa shape index (κ2) is 3.08. The van der Waals surface area contributed by atoms with Crippen LogP contribution in [0.15, 0.2) is 5.10 Å². The van der Waals surface area contributed by atoms with Crippen molar-refractivity contribution < 1.29 is 0 Å². The van der Waals surface area contributed by atoms with Gasteiger partial charge in [0, 0.05) is 11.6 Å². The van der Waals surface area contributed by atoms with E-state index in [1.165, 1.54) is 31.4 Å². The maximum atomic E-state index is 4.45. The van der Waals surface area contributed by atoms with E-state index in [0.717, 1.165) is 5.92 Å². The Hall–Kier alpha value is -0.530. The van der Waals surface area contributed by atoms with Crippen LogP contribution in [0.4, 0.5) is 0 Å². The van der Waals surface area contributed by atoms with Crippen molar-refractivity contribution in [2.24, 2.45) is 16.9 Å². The standard InChI is InChI=1S/C10H18N2/c1-7(2)10-8-5-3-4-6-9(8)11-12-10/h7-9,11H,3-6H2,1-2H3. The molecular formula is C10H18N2. The summed E-state index contributed by atoms with van der Waals surface area (Å²) in [5.41, 5.74) is 4.69. The molecule has 68 valence electrons. The van der Waals surface area contributed by atoms with Gasteiger partial charge in [-0.3, -0.25) is 0 Å². The molecule has 0 aromatic heterocycles. The van der Waals surface area contributed by atoms with Crippen LogP contribution < -0.4 is 5.43 Å². The molecule has 0 radical (unpaired) electrons. The smallest absolute Gasteiger partial charge is 0.0521 e. The third-order valence-corrected chi connectivity index (χ3v) is 3.10. The minimum Gasteiger partial charge on any atom is -0.306 e. The van der Waals surface area contributed by atoms with Crippen molar-refractivity contribution in [1.29, 1.82) is 0 Å². The maximum Gasteiger partial charge on any atom is 0.0521 e. The van der Waals surface area contributed by atoms with Crippen LogP contribution >= 0.6 is 0 Å². The van der Waals surface area contributed by atoms with Gasteiger partial charge in [0.2, 0.25) is 0 Å². The van der Waals surface area contributed by atoms with Crippen molar-refractivity contribution in [3.63, 3.8) is 0 Å². The quantitative estimate of drug-likeness (QED) is 0.634. The summed E-state index contributed by atoms with van der Waals surface area (Å²) in [6, 6.07) is 0.677. The van der Waals surface area contributed by atoms with E-state index in [1.807, 2.05) is 0 Å². The summed E-state index contributed by atoms with van der Waals surface area (Å²) >= 11 is 0. The molecule has 2 heteroatoms. The number of fused-ring (bicyclic) bond motifs is 1. The second-order valence-corrected chi connectivity index (χ2v) is 4.32. The third-order valence-electron chi connectivity index (χ3n) is 3.10. The first-order valence-corrected chi connectivity index (χ1v) is 5.12. The monoisotopic (exact) mass is 166 g/mol. The minimum atomic E-state index is 0.630. The number of hydrogen-bond acceptors (Lipinski definition) is 2. The largest absolute Gasteiger partial charge is 0.306 e. The normalized spacial score (nSPS) is 34.4. The van der Waals surface area contributed by atoms with E-state index in [0.29, 0.717) is 12.0 Å². The Kier molecular flexibility index (Phi) is 2.07. The third kappa shape index (κ3) is 1.23. The number of nitrogens with zero attached hydrogens (tertiary/aromatic N) is 1. The van der Waals surface area contributed by atoms with Gasteiger partial charge in [-0.15, -0.1) is 0 Å². The van der Waals surface area contributed by atoms with Crippen LogP contribution in [0.3, 0.4) is 0 Å². The highest BCUT2D eigenvalue weighted by molar-refractivity contribution is 5.90. The van der Waals surface area contributed by atoms with Gasteiger partial charge in [0.15, 0.2) is 0 Å². The molecule has 2 atom stereocenters. The van der Waals surface area contributed by atoms with E-state index in [4.69, 9.17) is 0 Å². The molecule has 0 aromatic rings. The number of nitrogens with one attached hydrogen (secondary N) is 1. The van der Waals surface area contributed by atoms with Crippen LogP contribution in [0.1, 0.15) is 39.5 Å². The molecule has 0 amide bonds. The van der Waals surface area contributed by atoms with Crippen LogP contribution in [-0.2, 0) is 0 Å². The highest BCUT2D eigenvalue weighted by atomic mass is 15.3. The van der Waals surface area contributed by atoms with Gasteiger partial charge in [-0.05, 0) is 18.8 Å². The molecule has 1 heterocycles. The second-order valence-electron chi connectivity index (χ2n) is 4.32. The minimum absolute atomic E-state index is 0.630. The molecule has 2 aliphatic rings. The Morgan fingerprint density at radius 3 is 2.83 bits per heavy atom.